The molecule has 1 aromatic carbocycles. The average Bonchev–Trinajstić information content (AvgIpc) is 2.53. The van der Waals surface area contributed by atoms with E-state index in [1.54, 1.807) is 0 Å². The molecule has 0 radical (unpaired) electrons. The molecule has 3 nitrogen and oxygen atoms in total. The van der Waals surface area contributed by atoms with Gasteiger partial charge in [-0.05, 0) is 0 Å². The largest absolute Gasteiger partial charge is 0.285 e. The van der Waals surface area contributed by atoms with Crippen LogP contribution >= 0.6 is 0 Å². The van der Waals surface area contributed by atoms with Crippen molar-refractivity contribution < 1.29 is 9.76 Å². The third kappa shape index (κ3) is 1.18. The summed E-state index contributed by atoms with van der Waals surface area (Å²) in [4.78, 5) is 16.6. The molecule has 12 heavy (non-hydrogen) atoms. The molecule has 1 fully saturated rings. The second-order valence-electron chi connectivity index (χ2n) is 2.83. The highest BCUT2D eigenvalue weighted by molar-refractivity contribution is 5.17. The van der Waals surface area contributed by atoms with Crippen LogP contribution < -0.4 is 0 Å². The standard InChI is InChI=1S/C9H10NO2/c11-10-9(6-7-12-10)8-4-2-1-3-5-8/h1-5,9H,6-7H2/q+1. The van der Waals surface area contributed by atoms with Crippen LogP contribution in [0.1, 0.15) is 18.0 Å². The summed E-state index contributed by atoms with van der Waals surface area (Å²) in [6, 6.07) is 9.59. The van der Waals surface area contributed by atoms with Crippen LogP contribution in [0, 0.1) is 4.91 Å². The molecule has 0 N–H and O–H groups in total. The van der Waals surface area contributed by atoms with Crippen LogP contribution in [-0.2, 0) is 4.84 Å². The summed E-state index contributed by atoms with van der Waals surface area (Å²) in [5, 5.41) is 0. The molecule has 1 aliphatic rings. The highest BCUT2D eigenvalue weighted by Gasteiger charge is 2.36. The molecule has 3 heteroatoms. The zero-order chi connectivity index (χ0) is 8.39. The predicted octanol–water partition coefficient (Wildman–Crippen LogP) is 1.84. The molecule has 1 aliphatic heterocycles. The highest BCUT2D eigenvalue weighted by atomic mass is 16.8. The summed E-state index contributed by atoms with van der Waals surface area (Å²) in [5.41, 5.74) is 1.03. The van der Waals surface area contributed by atoms with Gasteiger partial charge >= 0.3 is 0 Å². The van der Waals surface area contributed by atoms with E-state index in [1.807, 2.05) is 30.3 Å². The molecule has 0 aliphatic carbocycles. The molecule has 1 heterocycles. The van der Waals surface area contributed by atoms with E-state index in [1.165, 1.54) is 0 Å². The Morgan fingerprint density at radius 2 is 2.08 bits per heavy atom. The van der Waals surface area contributed by atoms with E-state index in [0.29, 0.717) is 11.5 Å². The number of nitrogens with zero attached hydrogens (tertiary/aromatic N) is 1. The molecule has 0 amide bonds. The van der Waals surface area contributed by atoms with Gasteiger partial charge in [-0.2, -0.15) is 0 Å². The lowest BCUT2D eigenvalue weighted by Gasteiger charge is -1.96. The van der Waals surface area contributed by atoms with Gasteiger partial charge in [0.05, 0.1) is 11.3 Å². The summed E-state index contributed by atoms with van der Waals surface area (Å²) in [5.74, 6) is 0. The molecular formula is C9H10NO2+. The first kappa shape index (κ1) is 7.28. The van der Waals surface area contributed by atoms with E-state index in [2.05, 4.69) is 0 Å². The van der Waals surface area contributed by atoms with Crippen molar-refractivity contribution in [2.75, 3.05) is 6.61 Å². The molecule has 0 bridgehead atoms. The Hall–Kier alpha value is -1.38. The lowest BCUT2D eigenvalue weighted by Crippen LogP contribution is -2.06. The van der Waals surface area contributed by atoms with Crippen molar-refractivity contribution in [2.45, 2.75) is 12.5 Å². The fourth-order valence-electron chi connectivity index (χ4n) is 1.41. The topological polar surface area (TPSA) is 29.3 Å². The van der Waals surface area contributed by atoms with Crippen molar-refractivity contribution in [3.63, 3.8) is 0 Å². The first-order valence-corrected chi connectivity index (χ1v) is 4.02. The maximum Gasteiger partial charge on any atom is 0.285 e. The first-order valence-electron chi connectivity index (χ1n) is 4.02. The molecule has 1 saturated heterocycles. The van der Waals surface area contributed by atoms with Crippen molar-refractivity contribution in [1.29, 1.82) is 0 Å². The smallest absolute Gasteiger partial charge is 0.231 e. The minimum atomic E-state index is -0.105. The van der Waals surface area contributed by atoms with Crippen molar-refractivity contribution in [3.05, 3.63) is 40.8 Å². The Morgan fingerprint density at radius 1 is 1.33 bits per heavy atom. The van der Waals surface area contributed by atoms with Gasteiger partial charge in [0.1, 0.15) is 0 Å². The van der Waals surface area contributed by atoms with Crippen LogP contribution in [0.5, 0.6) is 0 Å². The fourth-order valence-corrected chi connectivity index (χ4v) is 1.41. The molecule has 2 rings (SSSR count). The van der Waals surface area contributed by atoms with Gasteiger partial charge in [0.25, 0.3) is 6.04 Å². The number of hydrogen-bond acceptors (Lipinski definition) is 2. The SMILES string of the molecule is O=[N+]1OCCC1c1ccccc1. The zero-order valence-corrected chi connectivity index (χ0v) is 6.64. The molecule has 1 aromatic rings. The van der Waals surface area contributed by atoms with Crippen molar-refractivity contribution >= 4 is 0 Å². The van der Waals surface area contributed by atoms with E-state index in [4.69, 9.17) is 4.84 Å². The molecule has 0 aromatic heterocycles. The normalized spacial score (nSPS) is 22.3. The van der Waals surface area contributed by atoms with Crippen molar-refractivity contribution in [2.24, 2.45) is 0 Å². The Labute approximate surface area is 70.5 Å². The van der Waals surface area contributed by atoms with Crippen LogP contribution in [0.25, 0.3) is 0 Å². The van der Waals surface area contributed by atoms with Crippen molar-refractivity contribution in [3.8, 4) is 0 Å². The van der Waals surface area contributed by atoms with Gasteiger partial charge in [-0.25, -0.2) is 4.84 Å². The third-order valence-electron chi connectivity index (χ3n) is 2.05. The summed E-state index contributed by atoms with van der Waals surface area (Å²) >= 11 is 0. The van der Waals surface area contributed by atoms with Gasteiger partial charge in [0.2, 0.25) is 4.92 Å². The number of benzene rings is 1. The van der Waals surface area contributed by atoms with Crippen LogP contribution in [0.15, 0.2) is 30.3 Å². The van der Waals surface area contributed by atoms with Crippen molar-refractivity contribution in [1.82, 2.24) is 0 Å². The zero-order valence-electron chi connectivity index (χ0n) is 6.64. The molecule has 1 atom stereocenters. The Morgan fingerprint density at radius 3 is 2.67 bits per heavy atom. The fraction of sp³-hybridized carbons (Fsp3) is 0.333. The Kier molecular flexibility index (Phi) is 1.78. The van der Waals surface area contributed by atoms with E-state index in [0.717, 1.165) is 12.0 Å². The number of hydrogen-bond donors (Lipinski definition) is 0. The summed E-state index contributed by atoms with van der Waals surface area (Å²) < 4.78 is 0. The van der Waals surface area contributed by atoms with Gasteiger partial charge in [-0.3, -0.25) is 0 Å². The van der Waals surface area contributed by atoms with Crippen LogP contribution in [-0.4, -0.2) is 11.5 Å². The Bertz CT molecular complexity index is 284. The monoisotopic (exact) mass is 164 g/mol. The summed E-state index contributed by atoms with van der Waals surface area (Å²) in [6.45, 7) is 0.531. The van der Waals surface area contributed by atoms with Gasteiger partial charge in [0, 0.05) is 5.56 Å². The Balaban J connectivity index is 2.25. The van der Waals surface area contributed by atoms with Crippen LogP contribution in [0.2, 0.25) is 0 Å². The molecular weight excluding hydrogens is 154 g/mol. The molecule has 0 spiro atoms. The lowest BCUT2D eigenvalue weighted by molar-refractivity contribution is -0.806. The summed E-state index contributed by atoms with van der Waals surface area (Å²) in [6.07, 6.45) is 0.785. The number of rotatable bonds is 1. The maximum absolute atomic E-state index is 11.1. The van der Waals surface area contributed by atoms with E-state index >= 15 is 0 Å². The minimum Gasteiger partial charge on any atom is -0.231 e. The minimum absolute atomic E-state index is 0.105. The second kappa shape index (κ2) is 2.93. The van der Waals surface area contributed by atoms with Gasteiger partial charge < -0.3 is 0 Å². The maximum atomic E-state index is 11.1. The van der Waals surface area contributed by atoms with E-state index in [9.17, 15) is 4.91 Å². The predicted molar refractivity (Wildman–Crippen MR) is 43.4 cm³/mol. The van der Waals surface area contributed by atoms with Gasteiger partial charge in [-0.1, -0.05) is 30.3 Å². The van der Waals surface area contributed by atoms with Crippen LogP contribution in [0.4, 0.5) is 0 Å². The molecule has 62 valence electrons. The highest BCUT2D eigenvalue weighted by Crippen LogP contribution is 2.25. The van der Waals surface area contributed by atoms with Gasteiger partial charge in [0.15, 0.2) is 6.61 Å². The van der Waals surface area contributed by atoms with E-state index < -0.39 is 0 Å². The summed E-state index contributed by atoms with van der Waals surface area (Å²) in [7, 11) is 0. The van der Waals surface area contributed by atoms with Gasteiger partial charge in [-0.15, -0.1) is 0 Å². The van der Waals surface area contributed by atoms with Crippen LogP contribution in [0.3, 0.4) is 0 Å². The average molecular weight is 164 g/mol. The second-order valence-corrected chi connectivity index (χ2v) is 2.83. The lowest BCUT2D eigenvalue weighted by atomic mass is 10.1. The molecule has 1 unspecified atom stereocenters. The quantitative estimate of drug-likeness (QED) is 0.633. The third-order valence-corrected chi connectivity index (χ3v) is 2.05. The first-order chi connectivity index (χ1) is 5.88. The molecule has 0 saturated carbocycles. The van der Waals surface area contributed by atoms with E-state index in [-0.39, 0.29) is 6.04 Å².